The lowest BCUT2D eigenvalue weighted by Gasteiger charge is -2.01. The number of aromatic nitrogens is 3. The lowest BCUT2D eigenvalue weighted by atomic mass is 10.1. The van der Waals surface area contributed by atoms with E-state index in [1.807, 2.05) is 25.1 Å². The average molecular weight is 218 g/mol. The molecule has 2 aromatic rings. The van der Waals surface area contributed by atoms with E-state index in [-0.39, 0.29) is 5.92 Å². The maximum atomic E-state index is 5.48. The van der Waals surface area contributed by atoms with Crippen molar-refractivity contribution in [3.63, 3.8) is 0 Å². The van der Waals surface area contributed by atoms with Crippen molar-refractivity contribution in [2.75, 3.05) is 6.54 Å². The van der Waals surface area contributed by atoms with Crippen molar-refractivity contribution in [1.29, 1.82) is 0 Å². The van der Waals surface area contributed by atoms with E-state index in [0.717, 1.165) is 12.1 Å². The standard InChI is InChI=1S/C11H14N4O/c1-8(5-6-12)11-14-10(15-16-11)9-4-2-3-7-13-9/h2-4,7-8H,5-6,12H2,1H3. The lowest BCUT2D eigenvalue weighted by molar-refractivity contribution is 0.355. The normalized spacial score (nSPS) is 12.6. The molecule has 0 aromatic carbocycles. The summed E-state index contributed by atoms with van der Waals surface area (Å²) in [6, 6.07) is 5.59. The Morgan fingerprint density at radius 2 is 2.31 bits per heavy atom. The highest BCUT2D eigenvalue weighted by Gasteiger charge is 2.14. The van der Waals surface area contributed by atoms with Crippen LogP contribution in [0, 0.1) is 0 Å². The van der Waals surface area contributed by atoms with E-state index in [1.165, 1.54) is 0 Å². The maximum absolute atomic E-state index is 5.48. The van der Waals surface area contributed by atoms with E-state index in [1.54, 1.807) is 6.20 Å². The SMILES string of the molecule is CC(CCN)c1nc(-c2ccccn2)no1. The molecule has 0 fully saturated rings. The fourth-order valence-electron chi connectivity index (χ4n) is 1.41. The molecule has 2 heterocycles. The Morgan fingerprint density at radius 1 is 1.44 bits per heavy atom. The van der Waals surface area contributed by atoms with Crippen LogP contribution >= 0.6 is 0 Å². The van der Waals surface area contributed by atoms with Crippen LogP contribution in [0.15, 0.2) is 28.9 Å². The van der Waals surface area contributed by atoms with Gasteiger partial charge in [-0.05, 0) is 25.1 Å². The monoisotopic (exact) mass is 218 g/mol. The molecule has 0 saturated heterocycles. The molecule has 0 aliphatic rings. The number of nitrogens with zero attached hydrogens (tertiary/aromatic N) is 3. The Morgan fingerprint density at radius 3 is 3.00 bits per heavy atom. The summed E-state index contributed by atoms with van der Waals surface area (Å²) in [5.41, 5.74) is 6.20. The molecule has 0 bridgehead atoms. The van der Waals surface area contributed by atoms with Gasteiger partial charge in [0.25, 0.3) is 0 Å². The van der Waals surface area contributed by atoms with E-state index >= 15 is 0 Å². The van der Waals surface area contributed by atoms with E-state index in [0.29, 0.717) is 18.3 Å². The third-order valence-corrected chi connectivity index (χ3v) is 2.36. The van der Waals surface area contributed by atoms with Crippen molar-refractivity contribution >= 4 is 0 Å². The van der Waals surface area contributed by atoms with Gasteiger partial charge in [-0.1, -0.05) is 18.1 Å². The van der Waals surface area contributed by atoms with Gasteiger partial charge in [0.05, 0.1) is 0 Å². The van der Waals surface area contributed by atoms with Crippen molar-refractivity contribution in [2.45, 2.75) is 19.3 Å². The molecule has 0 spiro atoms. The predicted molar refractivity (Wildman–Crippen MR) is 59.6 cm³/mol. The lowest BCUT2D eigenvalue weighted by Crippen LogP contribution is -2.04. The second kappa shape index (κ2) is 4.85. The smallest absolute Gasteiger partial charge is 0.229 e. The van der Waals surface area contributed by atoms with Crippen LogP contribution in [-0.4, -0.2) is 21.7 Å². The Bertz CT molecular complexity index is 440. The van der Waals surface area contributed by atoms with Gasteiger partial charge in [-0.2, -0.15) is 4.98 Å². The number of nitrogens with two attached hydrogens (primary N) is 1. The van der Waals surface area contributed by atoms with Crippen LogP contribution in [0.5, 0.6) is 0 Å². The molecule has 5 heteroatoms. The average Bonchev–Trinajstić information content (AvgIpc) is 2.80. The van der Waals surface area contributed by atoms with Crippen molar-refractivity contribution < 1.29 is 4.52 Å². The summed E-state index contributed by atoms with van der Waals surface area (Å²) in [6.45, 7) is 2.63. The van der Waals surface area contributed by atoms with Crippen LogP contribution in [0.3, 0.4) is 0 Å². The highest BCUT2D eigenvalue weighted by Crippen LogP contribution is 2.19. The summed E-state index contributed by atoms with van der Waals surface area (Å²) in [6.07, 6.45) is 2.54. The van der Waals surface area contributed by atoms with Gasteiger partial charge in [0.15, 0.2) is 0 Å². The van der Waals surface area contributed by atoms with Gasteiger partial charge in [-0.15, -0.1) is 0 Å². The second-order valence-electron chi connectivity index (χ2n) is 3.65. The van der Waals surface area contributed by atoms with Crippen LogP contribution in [-0.2, 0) is 0 Å². The first-order valence-electron chi connectivity index (χ1n) is 5.26. The van der Waals surface area contributed by atoms with Crippen molar-refractivity contribution in [3.8, 4) is 11.5 Å². The zero-order valence-corrected chi connectivity index (χ0v) is 9.13. The van der Waals surface area contributed by atoms with Crippen molar-refractivity contribution in [2.24, 2.45) is 5.73 Å². The van der Waals surface area contributed by atoms with Crippen LogP contribution in [0.1, 0.15) is 25.2 Å². The molecular weight excluding hydrogens is 204 g/mol. The van der Waals surface area contributed by atoms with E-state index < -0.39 is 0 Å². The molecule has 84 valence electrons. The zero-order valence-electron chi connectivity index (χ0n) is 9.13. The van der Waals surface area contributed by atoms with Crippen LogP contribution < -0.4 is 5.73 Å². The molecule has 16 heavy (non-hydrogen) atoms. The first-order valence-corrected chi connectivity index (χ1v) is 5.26. The maximum Gasteiger partial charge on any atom is 0.229 e. The van der Waals surface area contributed by atoms with E-state index in [4.69, 9.17) is 10.3 Å². The third-order valence-electron chi connectivity index (χ3n) is 2.36. The van der Waals surface area contributed by atoms with Crippen LogP contribution in [0.2, 0.25) is 0 Å². The molecular formula is C11H14N4O. The summed E-state index contributed by atoms with van der Waals surface area (Å²) in [7, 11) is 0. The number of hydrogen-bond donors (Lipinski definition) is 1. The molecule has 0 aliphatic carbocycles. The van der Waals surface area contributed by atoms with Gasteiger partial charge in [0, 0.05) is 12.1 Å². The highest BCUT2D eigenvalue weighted by molar-refractivity contribution is 5.47. The van der Waals surface area contributed by atoms with Crippen LogP contribution in [0.25, 0.3) is 11.5 Å². The Hall–Kier alpha value is -1.75. The number of pyridine rings is 1. The number of hydrogen-bond acceptors (Lipinski definition) is 5. The molecule has 0 aliphatic heterocycles. The van der Waals surface area contributed by atoms with Gasteiger partial charge >= 0.3 is 0 Å². The van der Waals surface area contributed by atoms with Gasteiger partial charge in [-0.25, -0.2) is 0 Å². The second-order valence-corrected chi connectivity index (χ2v) is 3.65. The third kappa shape index (κ3) is 2.25. The summed E-state index contributed by atoms with van der Waals surface area (Å²) in [4.78, 5) is 8.46. The van der Waals surface area contributed by atoms with E-state index in [9.17, 15) is 0 Å². The van der Waals surface area contributed by atoms with Gasteiger partial charge in [-0.3, -0.25) is 4.98 Å². The van der Waals surface area contributed by atoms with Crippen molar-refractivity contribution in [3.05, 3.63) is 30.3 Å². The molecule has 1 unspecified atom stereocenters. The molecule has 1 atom stereocenters. The Kier molecular flexibility index (Phi) is 3.26. The quantitative estimate of drug-likeness (QED) is 0.843. The molecule has 0 amide bonds. The van der Waals surface area contributed by atoms with E-state index in [2.05, 4.69) is 15.1 Å². The molecule has 0 saturated carbocycles. The molecule has 2 rings (SSSR count). The minimum Gasteiger partial charge on any atom is -0.339 e. The first kappa shape index (κ1) is 10.8. The topological polar surface area (TPSA) is 77.8 Å². The van der Waals surface area contributed by atoms with Gasteiger partial charge in [0.2, 0.25) is 11.7 Å². The van der Waals surface area contributed by atoms with Gasteiger partial charge < -0.3 is 10.3 Å². The summed E-state index contributed by atoms with van der Waals surface area (Å²) in [5.74, 6) is 1.33. The first-order chi connectivity index (χ1) is 7.81. The Balaban J connectivity index is 2.20. The van der Waals surface area contributed by atoms with Gasteiger partial charge in [0.1, 0.15) is 5.69 Å². The predicted octanol–water partition coefficient (Wildman–Crippen LogP) is 1.58. The van der Waals surface area contributed by atoms with Crippen LogP contribution in [0.4, 0.5) is 0 Å². The highest BCUT2D eigenvalue weighted by atomic mass is 16.5. The minimum absolute atomic E-state index is 0.190. The summed E-state index contributed by atoms with van der Waals surface area (Å²) < 4.78 is 5.18. The molecule has 5 nitrogen and oxygen atoms in total. The summed E-state index contributed by atoms with van der Waals surface area (Å²) >= 11 is 0. The fraction of sp³-hybridized carbons (Fsp3) is 0.364. The zero-order chi connectivity index (χ0) is 11.4. The number of rotatable bonds is 4. The molecule has 2 aromatic heterocycles. The molecule has 2 N–H and O–H groups in total. The molecule has 0 radical (unpaired) electrons. The minimum atomic E-state index is 0.190. The largest absolute Gasteiger partial charge is 0.339 e. The van der Waals surface area contributed by atoms with Crippen molar-refractivity contribution in [1.82, 2.24) is 15.1 Å². The Labute approximate surface area is 93.7 Å². The fourth-order valence-corrected chi connectivity index (χ4v) is 1.41. The summed E-state index contributed by atoms with van der Waals surface area (Å²) in [5, 5.41) is 3.90.